The van der Waals surface area contributed by atoms with Gasteiger partial charge in [-0.25, -0.2) is 4.79 Å². The van der Waals surface area contributed by atoms with Crippen LogP contribution in [0.25, 0.3) is 0 Å². The SMILES string of the molecule is COC(=O)/C=C1/S/C(=N\N=Cc2ccc(CN(C)C3CCCCC3)cc2)NC1=O. The number of carbonyl (C=O) groups is 2. The Kier molecular flexibility index (Phi) is 7.60. The molecule has 1 amide bonds. The van der Waals surface area contributed by atoms with Crippen molar-refractivity contribution in [1.82, 2.24) is 10.2 Å². The summed E-state index contributed by atoms with van der Waals surface area (Å²) in [6, 6.07) is 8.93. The Hall–Kier alpha value is -2.45. The van der Waals surface area contributed by atoms with Crippen LogP contribution in [0.4, 0.5) is 0 Å². The molecule has 0 spiro atoms. The van der Waals surface area contributed by atoms with Crippen molar-refractivity contribution in [1.29, 1.82) is 0 Å². The molecule has 0 aromatic heterocycles. The first-order valence-corrected chi connectivity index (χ1v) is 10.6. The van der Waals surface area contributed by atoms with Crippen LogP contribution in [0, 0.1) is 0 Å². The first kappa shape index (κ1) is 21.3. The summed E-state index contributed by atoms with van der Waals surface area (Å²) >= 11 is 1.05. The average molecular weight is 415 g/mol. The van der Waals surface area contributed by atoms with Gasteiger partial charge in [0.15, 0.2) is 5.17 Å². The molecule has 3 rings (SSSR count). The highest BCUT2D eigenvalue weighted by Crippen LogP contribution is 2.24. The highest BCUT2D eigenvalue weighted by molar-refractivity contribution is 8.18. The smallest absolute Gasteiger partial charge is 0.331 e. The third kappa shape index (κ3) is 6.27. The lowest BCUT2D eigenvalue weighted by Gasteiger charge is -2.31. The maximum Gasteiger partial charge on any atom is 0.331 e. The van der Waals surface area contributed by atoms with Gasteiger partial charge in [-0.3, -0.25) is 15.0 Å². The highest BCUT2D eigenvalue weighted by atomic mass is 32.2. The summed E-state index contributed by atoms with van der Waals surface area (Å²) in [6.07, 6.45) is 9.41. The fourth-order valence-electron chi connectivity index (χ4n) is 3.44. The fraction of sp³-hybridized carbons (Fsp3) is 0.429. The zero-order valence-electron chi connectivity index (χ0n) is 16.8. The molecular formula is C21H26N4O3S. The highest BCUT2D eigenvalue weighted by Gasteiger charge is 2.25. The van der Waals surface area contributed by atoms with E-state index < -0.39 is 5.97 Å². The molecule has 0 radical (unpaired) electrons. The lowest BCUT2D eigenvalue weighted by molar-refractivity contribution is -0.135. The molecule has 1 aliphatic heterocycles. The molecule has 1 aromatic carbocycles. The molecule has 7 nitrogen and oxygen atoms in total. The monoisotopic (exact) mass is 414 g/mol. The first-order chi connectivity index (χ1) is 14.0. The summed E-state index contributed by atoms with van der Waals surface area (Å²) in [6.45, 7) is 0.947. The lowest BCUT2D eigenvalue weighted by atomic mass is 9.94. The van der Waals surface area contributed by atoms with Gasteiger partial charge in [0, 0.05) is 18.7 Å². The maximum atomic E-state index is 11.8. The van der Waals surface area contributed by atoms with E-state index >= 15 is 0 Å². The largest absolute Gasteiger partial charge is 0.466 e. The molecule has 1 aliphatic carbocycles. The van der Waals surface area contributed by atoms with Gasteiger partial charge in [0.1, 0.15) is 0 Å². The molecule has 1 saturated heterocycles. The Morgan fingerprint density at radius 2 is 2.00 bits per heavy atom. The van der Waals surface area contributed by atoms with E-state index in [0.29, 0.717) is 11.2 Å². The molecule has 0 bridgehead atoms. The summed E-state index contributed by atoms with van der Waals surface area (Å²) in [5, 5.41) is 10.9. The molecule has 0 unspecified atom stereocenters. The maximum absolute atomic E-state index is 11.8. The van der Waals surface area contributed by atoms with E-state index in [2.05, 4.69) is 44.3 Å². The summed E-state index contributed by atoms with van der Waals surface area (Å²) in [5.74, 6) is -0.970. The van der Waals surface area contributed by atoms with Gasteiger partial charge in [-0.05, 0) is 42.8 Å². The van der Waals surface area contributed by atoms with E-state index in [-0.39, 0.29) is 10.8 Å². The molecule has 1 saturated carbocycles. The molecule has 29 heavy (non-hydrogen) atoms. The van der Waals surface area contributed by atoms with Crippen LogP contribution in [0.2, 0.25) is 0 Å². The number of ether oxygens (including phenoxy) is 1. The van der Waals surface area contributed by atoms with Crippen LogP contribution in [-0.2, 0) is 20.9 Å². The van der Waals surface area contributed by atoms with Crippen molar-refractivity contribution >= 4 is 35.0 Å². The molecule has 2 aliphatic rings. The van der Waals surface area contributed by atoms with Gasteiger partial charge in [-0.15, -0.1) is 5.10 Å². The summed E-state index contributed by atoms with van der Waals surface area (Å²) < 4.78 is 4.52. The minimum atomic E-state index is -0.582. The Morgan fingerprint density at radius 1 is 1.28 bits per heavy atom. The van der Waals surface area contributed by atoms with E-state index in [1.54, 1.807) is 6.21 Å². The molecule has 8 heteroatoms. The Bertz CT molecular complexity index is 827. The van der Waals surface area contributed by atoms with Crippen molar-refractivity contribution in [2.45, 2.75) is 44.7 Å². The van der Waals surface area contributed by atoms with E-state index in [1.165, 1.54) is 44.8 Å². The van der Waals surface area contributed by atoms with E-state index in [1.807, 2.05) is 12.1 Å². The number of thioether (sulfide) groups is 1. The number of carbonyl (C=O) groups excluding carboxylic acids is 2. The topological polar surface area (TPSA) is 83.4 Å². The van der Waals surface area contributed by atoms with E-state index in [0.717, 1.165) is 29.9 Å². The quantitative estimate of drug-likeness (QED) is 0.335. The van der Waals surface area contributed by atoms with E-state index in [9.17, 15) is 9.59 Å². The van der Waals surface area contributed by atoms with Gasteiger partial charge in [0.2, 0.25) is 0 Å². The van der Waals surface area contributed by atoms with Gasteiger partial charge < -0.3 is 4.74 Å². The number of esters is 1. The van der Waals surface area contributed by atoms with Crippen molar-refractivity contribution in [3.8, 4) is 0 Å². The number of hydrogen-bond donors (Lipinski definition) is 1. The zero-order chi connectivity index (χ0) is 20.6. The van der Waals surface area contributed by atoms with Crippen LogP contribution in [0.5, 0.6) is 0 Å². The number of nitrogens with one attached hydrogen (secondary N) is 1. The molecule has 2 fully saturated rings. The van der Waals surface area contributed by atoms with Crippen LogP contribution < -0.4 is 5.32 Å². The van der Waals surface area contributed by atoms with Crippen LogP contribution in [0.15, 0.2) is 45.4 Å². The van der Waals surface area contributed by atoms with Gasteiger partial charge in [-0.2, -0.15) is 5.10 Å². The van der Waals surface area contributed by atoms with Crippen LogP contribution in [-0.4, -0.2) is 48.4 Å². The summed E-state index contributed by atoms with van der Waals surface area (Å²) in [7, 11) is 3.47. The fourth-order valence-corrected chi connectivity index (χ4v) is 4.18. The number of hydrogen-bond acceptors (Lipinski definition) is 7. The lowest BCUT2D eigenvalue weighted by Crippen LogP contribution is -2.32. The summed E-state index contributed by atoms with van der Waals surface area (Å²) in [5.41, 5.74) is 2.20. The molecule has 1 aromatic rings. The van der Waals surface area contributed by atoms with Crippen molar-refractivity contribution in [2.75, 3.05) is 14.2 Å². The molecule has 154 valence electrons. The summed E-state index contributed by atoms with van der Waals surface area (Å²) in [4.78, 5) is 25.7. The number of methoxy groups -OCH3 is 1. The standard InChI is InChI=1S/C21H26N4O3S/c1-25(17-6-4-3-5-7-17)14-16-10-8-15(9-11-16)13-22-24-21-23-20(27)18(29-21)12-19(26)28-2/h8-13,17H,3-7,14H2,1-2H3,(H,23,24,27)/b18-12+,22-13?. The Morgan fingerprint density at radius 3 is 2.69 bits per heavy atom. The molecule has 1 heterocycles. The van der Waals surface area contributed by atoms with Crippen molar-refractivity contribution < 1.29 is 14.3 Å². The number of amides is 1. The second kappa shape index (κ2) is 10.4. The zero-order valence-corrected chi connectivity index (χ0v) is 17.6. The average Bonchev–Trinajstić information content (AvgIpc) is 3.08. The van der Waals surface area contributed by atoms with Gasteiger partial charge >= 0.3 is 5.97 Å². The minimum absolute atomic E-state index is 0.234. The number of amidine groups is 1. The Balaban J connectivity index is 1.53. The second-order valence-electron chi connectivity index (χ2n) is 7.19. The first-order valence-electron chi connectivity index (χ1n) is 9.74. The van der Waals surface area contributed by atoms with Crippen LogP contribution in [0.1, 0.15) is 43.2 Å². The normalized spacial score (nSPS) is 20.7. The van der Waals surface area contributed by atoms with E-state index in [4.69, 9.17) is 0 Å². The molecule has 0 atom stereocenters. The van der Waals surface area contributed by atoms with Gasteiger partial charge in [0.05, 0.1) is 18.2 Å². The predicted octanol–water partition coefficient (Wildman–Crippen LogP) is 3.06. The van der Waals surface area contributed by atoms with Crippen LogP contribution >= 0.6 is 11.8 Å². The third-order valence-electron chi connectivity index (χ3n) is 5.07. The minimum Gasteiger partial charge on any atom is -0.466 e. The third-order valence-corrected chi connectivity index (χ3v) is 5.97. The second-order valence-corrected chi connectivity index (χ2v) is 8.22. The van der Waals surface area contributed by atoms with Crippen LogP contribution in [0.3, 0.4) is 0 Å². The van der Waals surface area contributed by atoms with Crippen molar-refractivity contribution in [2.24, 2.45) is 10.2 Å². The number of benzene rings is 1. The Labute approximate surface area is 175 Å². The number of nitrogens with zero attached hydrogens (tertiary/aromatic N) is 3. The molecular weight excluding hydrogens is 388 g/mol. The van der Waals surface area contributed by atoms with Crippen molar-refractivity contribution in [3.63, 3.8) is 0 Å². The van der Waals surface area contributed by atoms with Gasteiger partial charge in [0.25, 0.3) is 5.91 Å². The molecule has 1 N–H and O–H groups in total. The number of rotatable bonds is 6. The van der Waals surface area contributed by atoms with Gasteiger partial charge in [-0.1, -0.05) is 43.5 Å². The van der Waals surface area contributed by atoms with Crippen molar-refractivity contribution in [3.05, 3.63) is 46.4 Å². The predicted molar refractivity (Wildman–Crippen MR) is 116 cm³/mol.